The zero-order valence-electron chi connectivity index (χ0n) is 9.16. The molecule has 0 aromatic carbocycles. The SMILES string of the molecule is CCC(C)Nc1cc(C(C)=O)n(C)n1. The molecule has 1 aromatic heterocycles. The van der Waals surface area contributed by atoms with Crippen molar-refractivity contribution < 1.29 is 4.79 Å². The molecule has 1 atom stereocenters. The van der Waals surface area contributed by atoms with E-state index in [0.29, 0.717) is 11.7 Å². The van der Waals surface area contributed by atoms with Crippen LogP contribution in [0, 0.1) is 0 Å². The van der Waals surface area contributed by atoms with E-state index in [-0.39, 0.29) is 5.78 Å². The van der Waals surface area contributed by atoms with E-state index in [2.05, 4.69) is 24.3 Å². The van der Waals surface area contributed by atoms with Crippen LogP contribution in [0.5, 0.6) is 0 Å². The molecule has 4 heteroatoms. The molecule has 0 saturated carbocycles. The van der Waals surface area contributed by atoms with Crippen LogP contribution in [0.4, 0.5) is 5.82 Å². The highest BCUT2D eigenvalue weighted by atomic mass is 16.1. The van der Waals surface area contributed by atoms with Gasteiger partial charge in [-0.25, -0.2) is 0 Å². The summed E-state index contributed by atoms with van der Waals surface area (Å²) in [6.45, 7) is 5.73. The summed E-state index contributed by atoms with van der Waals surface area (Å²) in [5.74, 6) is 0.809. The van der Waals surface area contributed by atoms with Gasteiger partial charge in [0.25, 0.3) is 0 Å². The van der Waals surface area contributed by atoms with Gasteiger partial charge in [-0.05, 0) is 13.3 Å². The van der Waals surface area contributed by atoms with Crippen LogP contribution in [0.1, 0.15) is 37.7 Å². The second kappa shape index (κ2) is 4.26. The van der Waals surface area contributed by atoms with Crippen LogP contribution in [0.15, 0.2) is 6.07 Å². The first-order valence-electron chi connectivity index (χ1n) is 4.86. The van der Waals surface area contributed by atoms with E-state index in [9.17, 15) is 4.79 Å². The molecule has 1 rings (SSSR count). The van der Waals surface area contributed by atoms with Crippen LogP contribution in [-0.4, -0.2) is 21.6 Å². The molecule has 14 heavy (non-hydrogen) atoms. The third-order valence-electron chi connectivity index (χ3n) is 2.25. The largest absolute Gasteiger partial charge is 0.366 e. The second-order valence-corrected chi connectivity index (χ2v) is 3.55. The Morgan fingerprint density at radius 2 is 2.36 bits per heavy atom. The molecule has 1 N–H and O–H groups in total. The van der Waals surface area contributed by atoms with Gasteiger partial charge in [-0.1, -0.05) is 6.92 Å². The van der Waals surface area contributed by atoms with Crippen molar-refractivity contribution in [3.05, 3.63) is 11.8 Å². The Bertz CT molecular complexity index is 330. The second-order valence-electron chi connectivity index (χ2n) is 3.55. The van der Waals surface area contributed by atoms with E-state index in [4.69, 9.17) is 0 Å². The number of hydrogen-bond acceptors (Lipinski definition) is 3. The molecule has 0 amide bonds. The highest BCUT2D eigenvalue weighted by molar-refractivity contribution is 5.93. The Balaban J connectivity index is 2.81. The quantitative estimate of drug-likeness (QED) is 0.746. The monoisotopic (exact) mass is 195 g/mol. The number of anilines is 1. The minimum Gasteiger partial charge on any atom is -0.366 e. The zero-order chi connectivity index (χ0) is 10.7. The maximum atomic E-state index is 11.1. The number of rotatable bonds is 4. The number of ketones is 1. The third kappa shape index (κ3) is 2.34. The minimum absolute atomic E-state index is 0.0391. The molecule has 0 aliphatic heterocycles. The van der Waals surface area contributed by atoms with Gasteiger partial charge in [0, 0.05) is 26.1 Å². The van der Waals surface area contributed by atoms with Crippen LogP contribution in [-0.2, 0) is 7.05 Å². The van der Waals surface area contributed by atoms with Crippen LogP contribution in [0.2, 0.25) is 0 Å². The Morgan fingerprint density at radius 1 is 1.71 bits per heavy atom. The van der Waals surface area contributed by atoms with Crippen molar-refractivity contribution in [2.75, 3.05) is 5.32 Å². The van der Waals surface area contributed by atoms with Crippen molar-refractivity contribution in [2.24, 2.45) is 7.05 Å². The number of hydrogen-bond donors (Lipinski definition) is 1. The molecule has 0 bridgehead atoms. The van der Waals surface area contributed by atoms with E-state index in [1.807, 2.05) is 0 Å². The number of nitrogens with zero attached hydrogens (tertiary/aromatic N) is 2. The lowest BCUT2D eigenvalue weighted by atomic mass is 10.2. The highest BCUT2D eigenvalue weighted by Crippen LogP contribution is 2.10. The molecule has 4 nitrogen and oxygen atoms in total. The van der Waals surface area contributed by atoms with Gasteiger partial charge in [0.2, 0.25) is 0 Å². The van der Waals surface area contributed by atoms with E-state index in [0.717, 1.165) is 12.2 Å². The first kappa shape index (κ1) is 10.8. The Morgan fingerprint density at radius 3 is 2.79 bits per heavy atom. The zero-order valence-corrected chi connectivity index (χ0v) is 9.16. The van der Waals surface area contributed by atoms with Crippen molar-refractivity contribution in [3.63, 3.8) is 0 Å². The predicted octanol–water partition coefficient (Wildman–Crippen LogP) is 1.83. The van der Waals surface area contributed by atoms with Crippen LogP contribution in [0.25, 0.3) is 0 Å². The number of nitrogens with one attached hydrogen (secondary N) is 1. The summed E-state index contributed by atoms with van der Waals surface area (Å²) in [6.07, 6.45) is 1.03. The summed E-state index contributed by atoms with van der Waals surface area (Å²) in [7, 11) is 1.78. The number of aryl methyl sites for hydroxylation is 1. The lowest BCUT2D eigenvalue weighted by molar-refractivity contribution is 0.100. The van der Waals surface area contributed by atoms with Crippen molar-refractivity contribution in [3.8, 4) is 0 Å². The summed E-state index contributed by atoms with van der Waals surface area (Å²) in [6, 6.07) is 2.17. The molecular formula is C10H17N3O. The predicted molar refractivity (Wildman–Crippen MR) is 56.6 cm³/mol. The van der Waals surface area contributed by atoms with Gasteiger partial charge in [0.1, 0.15) is 11.5 Å². The molecule has 1 aromatic rings. The van der Waals surface area contributed by atoms with Crippen molar-refractivity contribution in [2.45, 2.75) is 33.2 Å². The third-order valence-corrected chi connectivity index (χ3v) is 2.25. The van der Waals surface area contributed by atoms with Crippen LogP contribution >= 0.6 is 0 Å². The molecule has 0 saturated heterocycles. The number of Topliss-reactive ketones (excluding diaryl/α,β-unsaturated/α-hetero) is 1. The number of carbonyl (C=O) groups is 1. The Hall–Kier alpha value is -1.32. The summed E-state index contributed by atoms with van der Waals surface area (Å²) in [5, 5.41) is 7.43. The Labute approximate surface area is 84.3 Å². The maximum Gasteiger partial charge on any atom is 0.177 e. The Kier molecular flexibility index (Phi) is 3.28. The van der Waals surface area contributed by atoms with Gasteiger partial charge in [-0.15, -0.1) is 0 Å². The van der Waals surface area contributed by atoms with Crippen molar-refractivity contribution >= 4 is 11.6 Å². The van der Waals surface area contributed by atoms with Gasteiger partial charge in [0.05, 0.1) is 0 Å². The lowest BCUT2D eigenvalue weighted by Gasteiger charge is -2.08. The average Bonchev–Trinajstić information content (AvgIpc) is 2.46. The number of carbonyl (C=O) groups excluding carboxylic acids is 1. The molecule has 0 aliphatic rings. The van der Waals surface area contributed by atoms with Crippen LogP contribution < -0.4 is 5.32 Å². The summed E-state index contributed by atoms with van der Waals surface area (Å²) in [4.78, 5) is 11.1. The molecule has 0 spiro atoms. The molecule has 0 aliphatic carbocycles. The van der Waals surface area contributed by atoms with Gasteiger partial charge >= 0.3 is 0 Å². The summed E-state index contributed by atoms with van der Waals surface area (Å²) >= 11 is 0. The molecule has 1 heterocycles. The summed E-state index contributed by atoms with van der Waals surface area (Å²) < 4.78 is 1.60. The molecule has 78 valence electrons. The fraction of sp³-hybridized carbons (Fsp3) is 0.600. The maximum absolute atomic E-state index is 11.1. The molecule has 1 unspecified atom stereocenters. The molecule has 0 fully saturated rings. The van der Waals surface area contributed by atoms with Crippen molar-refractivity contribution in [1.29, 1.82) is 0 Å². The highest BCUT2D eigenvalue weighted by Gasteiger charge is 2.09. The first-order valence-corrected chi connectivity index (χ1v) is 4.86. The lowest BCUT2D eigenvalue weighted by Crippen LogP contribution is -2.13. The number of aromatic nitrogens is 2. The van der Waals surface area contributed by atoms with Gasteiger partial charge < -0.3 is 5.32 Å². The van der Waals surface area contributed by atoms with Gasteiger partial charge in [-0.2, -0.15) is 5.10 Å². The van der Waals surface area contributed by atoms with E-state index < -0.39 is 0 Å². The molecular weight excluding hydrogens is 178 g/mol. The minimum atomic E-state index is 0.0391. The smallest absolute Gasteiger partial charge is 0.177 e. The van der Waals surface area contributed by atoms with Gasteiger partial charge in [0.15, 0.2) is 5.78 Å². The average molecular weight is 195 g/mol. The first-order chi connectivity index (χ1) is 6.54. The van der Waals surface area contributed by atoms with E-state index in [1.54, 1.807) is 24.7 Å². The topological polar surface area (TPSA) is 46.9 Å². The molecule has 0 radical (unpaired) electrons. The van der Waals surface area contributed by atoms with E-state index in [1.165, 1.54) is 0 Å². The fourth-order valence-corrected chi connectivity index (χ4v) is 1.22. The van der Waals surface area contributed by atoms with Crippen molar-refractivity contribution in [1.82, 2.24) is 9.78 Å². The fourth-order valence-electron chi connectivity index (χ4n) is 1.22. The standard InChI is InChI=1S/C10H17N3O/c1-5-7(2)11-10-6-9(8(3)14)13(4)12-10/h6-7H,5H2,1-4H3,(H,11,12). The van der Waals surface area contributed by atoms with E-state index >= 15 is 0 Å². The van der Waals surface area contributed by atoms with Crippen LogP contribution in [0.3, 0.4) is 0 Å². The normalized spacial score (nSPS) is 12.6. The van der Waals surface area contributed by atoms with Gasteiger partial charge in [-0.3, -0.25) is 9.48 Å². The summed E-state index contributed by atoms with van der Waals surface area (Å²) in [5.41, 5.74) is 0.635.